The topological polar surface area (TPSA) is 52.6 Å². The third-order valence-electron chi connectivity index (χ3n) is 3.77. The van der Waals surface area contributed by atoms with Crippen LogP contribution in [0.1, 0.15) is 19.8 Å². The van der Waals surface area contributed by atoms with Crippen LogP contribution in [0.3, 0.4) is 0 Å². The van der Waals surface area contributed by atoms with E-state index in [1.54, 1.807) is 6.92 Å². The van der Waals surface area contributed by atoms with Crippen molar-refractivity contribution in [2.24, 2.45) is 5.41 Å². The number of hydrogen-bond acceptors (Lipinski definition) is 4. The predicted molar refractivity (Wildman–Crippen MR) is 53.9 cm³/mol. The Morgan fingerprint density at radius 1 is 1.29 bits per heavy atom. The number of carbonyl (C=O) groups is 2. The van der Waals surface area contributed by atoms with E-state index in [9.17, 15) is 9.59 Å². The third-order valence-corrected chi connectivity index (χ3v) is 6.03. The molecule has 14 heavy (non-hydrogen) atoms. The lowest BCUT2D eigenvalue weighted by Gasteiger charge is -2.32. The van der Waals surface area contributed by atoms with E-state index in [4.69, 9.17) is 9.47 Å². The van der Waals surface area contributed by atoms with Crippen molar-refractivity contribution in [2.45, 2.75) is 35.4 Å². The third kappa shape index (κ3) is 0.661. The average molecular weight is 308 g/mol. The van der Waals surface area contributed by atoms with E-state index < -0.39 is 20.8 Å². The molecule has 5 heteroatoms. The van der Waals surface area contributed by atoms with Crippen molar-refractivity contribution in [3.8, 4) is 0 Å². The predicted octanol–water partition coefficient (Wildman–Crippen LogP) is 0.811. The smallest absolute Gasteiger partial charge is 0.333 e. The van der Waals surface area contributed by atoms with Gasteiger partial charge in [-0.2, -0.15) is 0 Å². The van der Waals surface area contributed by atoms with E-state index in [2.05, 4.69) is 0 Å². The molecule has 0 N–H and O–H groups in total. The Bertz CT molecular complexity index is 323. The highest BCUT2D eigenvalue weighted by Gasteiger charge is 2.78. The minimum Gasteiger partial charge on any atom is -0.392 e. The summed E-state index contributed by atoms with van der Waals surface area (Å²) >= 11 is 2.05. The molecule has 0 saturated carbocycles. The molecule has 76 valence electrons. The molecule has 0 aromatic rings. The number of carbonyl (C=O) groups excluding carboxylic acids is 2. The van der Waals surface area contributed by atoms with Crippen LogP contribution in [-0.2, 0) is 19.1 Å². The standard InChI is InChI=1S/C9H9IO4/c1-8-4-2-3-5(13-4)9(8,10)7(12)14-6(8)11/h4-5H,2-3H2,1H3. The van der Waals surface area contributed by atoms with E-state index in [0.717, 1.165) is 12.8 Å². The molecule has 4 nitrogen and oxygen atoms in total. The Morgan fingerprint density at radius 3 is 2.57 bits per heavy atom. The maximum absolute atomic E-state index is 11.7. The van der Waals surface area contributed by atoms with Crippen LogP contribution in [0.25, 0.3) is 0 Å². The molecule has 0 aromatic heterocycles. The van der Waals surface area contributed by atoms with Crippen LogP contribution >= 0.6 is 22.6 Å². The van der Waals surface area contributed by atoms with Crippen LogP contribution in [0.5, 0.6) is 0 Å². The number of hydrogen-bond donors (Lipinski definition) is 0. The van der Waals surface area contributed by atoms with E-state index in [0.29, 0.717) is 0 Å². The molecule has 0 radical (unpaired) electrons. The summed E-state index contributed by atoms with van der Waals surface area (Å²) in [6.45, 7) is 1.79. The number of alkyl halides is 1. The van der Waals surface area contributed by atoms with Gasteiger partial charge in [0, 0.05) is 0 Å². The Labute approximate surface area is 94.5 Å². The second-order valence-corrected chi connectivity index (χ2v) is 5.98. The first-order chi connectivity index (χ1) is 6.51. The highest BCUT2D eigenvalue weighted by Crippen LogP contribution is 2.62. The van der Waals surface area contributed by atoms with Gasteiger partial charge >= 0.3 is 11.9 Å². The molecule has 0 amide bonds. The lowest BCUT2D eigenvalue weighted by molar-refractivity contribution is -0.158. The average Bonchev–Trinajstić information content (AvgIpc) is 2.73. The quantitative estimate of drug-likeness (QED) is 0.288. The Morgan fingerprint density at radius 2 is 1.93 bits per heavy atom. The number of fused-ring (bicyclic) bond motifs is 5. The van der Waals surface area contributed by atoms with Crippen molar-refractivity contribution >= 4 is 34.5 Å². The summed E-state index contributed by atoms with van der Waals surface area (Å²) in [5, 5.41) is 0. The normalized spacial score (nSPS) is 55.0. The van der Waals surface area contributed by atoms with E-state index >= 15 is 0 Å². The Hall–Kier alpha value is -0.170. The molecule has 3 aliphatic rings. The van der Waals surface area contributed by atoms with Crippen LogP contribution in [0.2, 0.25) is 0 Å². The fraction of sp³-hybridized carbons (Fsp3) is 0.778. The number of halogens is 1. The first kappa shape index (κ1) is 9.08. The van der Waals surface area contributed by atoms with Gasteiger partial charge in [-0.25, -0.2) is 4.79 Å². The van der Waals surface area contributed by atoms with Crippen LogP contribution in [0, 0.1) is 5.41 Å². The SMILES string of the molecule is CC12C(=O)OC(=O)C1(I)C1CCC2O1. The Kier molecular flexibility index (Phi) is 1.50. The van der Waals surface area contributed by atoms with Crippen molar-refractivity contribution in [3.63, 3.8) is 0 Å². The monoisotopic (exact) mass is 308 g/mol. The van der Waals surface area contributed by atoms with Crippen LogP contribution in [-0.4, -0.2) is 27.6 Å². The highest BCUT2D eigenvalue weighted by molar-refractivity contribution is 14.1. The van der Waals surface area contributed by atoms with E-state index in [1.165, 1.54) is 0 Å². The molecule has 0 aliphatic carbocycles. The largest absolute Gasteiger partial charge is 0.392 e. The zero-order chi connectivity index (χ0) is 10.1. The highest BCUT2D eigenvalue weighted by atomic mass is 127. The van der Waals surface area contributed by atoms with Crippen molar-refractivity contribution < 1.29 is 19.1 Å². The summed E-state index contributed by atoms with van der Waals surface area (Å²) < 4.78 is 9.63. The number of rotatable bonds is 0. The number of esters is 2. The van der Waals surface area contributed by atoms with Crippen LogP contribution in [0.15, 0.2) is 0 Å². The molecule has 3 fully saturated rings. The summed E-state index contributed by atoms with van der Waals surface area (Å²) in [7, 11) is 0. The molecule has 3 rings (SSSR count). The second-order valence-electron chi connectivity index (χ2n) is 4.28. The summed E-state index contributed by atoms with van der Waals surface area (Å²) in [6, 6.07) is 0. The van der Waals surface area contributed by atoms with Crippen molar-refractivity contribution in [2.75, 3.05) is 0 Å². The van der Waals surface area contributed by atoms with Gasteiger partial charge in [-0.3, -0.25) is 4.79 Å². The maximum atomic E-state index is 11.7. The molecule has 4 atom stereocenters. The fourth-order valence-corrected chi connectivity index (χ4v) is 3.95. The summed E-state index contributed by atoms with van der Waals surface area (Å²) in [5.74, 6) is -0.832. The van der Waals surface area contributed by atoms with Gasteiger partial charge in [0.05, 0.1) is 12.2 Å². The molecule has 4 unspecified atom stereocenters. The maximum Gasteiger partial charge on any atom is 0.333 e. The van der Waals surface area contributed by atoms with Gasteiger partial charge in [-0.05, 0) is 19.8 Å². The van der Waals surface area contributed by atoms with Crippen molar-refractivity contribution in [1.82, 2.24) is 0 Å². The molecular weight excluding hydrogens is 299 g/mol. The van der Waals surface area contributed by atoms with Crippen molar-refractivity contribution in [1.29, 1.82) is 0 Å². The van der Waals surface area contributed by atoms with Gasteiger partial charge in [-0.1, -0.05) is 22.6 Å². The van der Waals surface area contributed by atoms with Crippen LogP contribution in [0.4, 0.5) is 0 Å². The zero-order valence-corrected chi connectivity index (χ0v) is 9.74. The number of ether oxygens (including phenoxy) is 2. The van der Waals surface area contributed by atoms with Gasteiger partial charge in [-0.15, -0.1) is 0 Å². The van der Waals surface area contributed by atoms with Gasteiger partial charge in [0.2, 0.25) is 0 Å². The van der Waals surface area contributed by atoms with Gasteiger partial charge in [0.1, 0.15) is 5.41 Å². The molecule has 0 spiro atoms. The molecule has 2 bridgehead atoms. The van der Waals surface area contributed by atoms with E-state index in [-0.39, 0.29) is 12.2 Å². The molecule has 3 heterocycles. The van der Waals surface area contributed by atoms with Gasteiger partial charge in [0.15, 0.2) is 3.42 Å². The first-order valence-electron chi connectivity index (χ1n) is 4.62. The second kappa shape index (κ2) is 2.32. The summed E-state index contributed by atoms with van der Waals surface area (Å²) in [5.41, 5.74) is -0.756. The van der Waals surface area contributed by atoms with Crippen molar-refractivity contribution in [3.05, 3.63) is 0 Å². The summed E-state index contributed by atoms with van der Waals surface area (Å²) in [4.78, 5) is 23.3. The summed E-state index contributed by atoms with van der Waals surface area (Å²) in [6.07, 6.45) is 1.43. The fourth-order valence-electron chi connectivity index (χ4n) is 2.81. The number of cyclic esters (lactones) is 2. The van der Waals surface area contributed by atoms with Gasteiger partial charge in [0.25, 0.3) is 0 Å². The zero-order valence-electron chi connectivity index (χ0n) is 7.58. The lowest BCUT2D eigenvalue weighted by atomic mass is 9.69. The van der Waals surface area contributed by atoms with Gasteiger partial charge < -0.3 is 9.47 Å². The minimum atomic E-state index is -0.773. The molecule has 0 aromatic carbocycles. The van der Waals surface area contributed by atoms with Crippen LogP contribution < -0.4 is 0 Å². The molecular formula is C9H9IO4. The molecule has 3 saturated heterocycles. The lowest BCUT2D eigenvalue weighted by Crippen LogP contribution is -2.52. The minimum absolute atomic E-state index is 0.136. The van der Waals surface area contributed by atoms with E-state index in [1.807, 2.05) is 22.6 Å². The first-order valence-corrected chi connectivity index (χ1v) is 5.70. The molecule has 3 aliphatic heterocycles. The Balaban J connectivity index is 2.21.